The van der Waals surface area contributed by atoms with Crippen molar-refractivity contribution in [1.82, 2.24) is 5.32 Å². The summed E-state index contributed by atoms with van der Waals surface area (Å²) in [7, 11) is 5.42. The van der Waals surface area contributed by atoms with E-state index in [-0.39, 0.29) is 12.5 Å². The summed E-state index contributed by atoms with van der Waals surface area (Å²) in [5.74, 6) is -2.42. The van der Waals surface area contributed by atoms with Gasteiger partial charge in [0.2, 0.25) is 11.8 Å². The first-order valence-corrected chi connectivity index (χ1v) is 11.0. The molecule has 174 valence electrons. The number of hydrogen-bond acceptors (Lipinski definition) is 7. The van der Waals surface area contributed by atoms with E-state index >= 15 is 0 Å². The summed E-state index contributed by atoms with van der Waals surface area (Å²) in [5.41, 5.74) is 0.920. The molecule has 0 bridgehead atoms. The van der Waals surface area contributed by atoms with Gasteiger partial charge in [0.05, 0.1) is 31.2 Å². The lowest BCUT2D eigenvalue weighted by atomic mass is 9.80. The van der Waals surface area contributed by atoms with Crippen LogP contribution >= 0.6 is 0 Å². The molecule has 0 saturated carbocycles. The minimum Gasteiger partial charge on any atom is -0.497 e. The van der Waals surface area contributed by atoms with Crippen LogP contribution in [0.2, 0.25) is 0 Å². The van der Waals surface area contributed by atoms with Gasteiger partial charge in [0.15, 0.2) is 0 Å². The second-order valence-electron chi connectivity index (χ2n) is 8.75. The lowest BCUT2D eigenvalue weighted by Crippen LogP contribution is -2.54. The van der Waals surface area contributed by atoms with Gasteiger partial charge in [-0.05, 0) is 43.7 Å². The molecule has 0 aliphatic carbocycles. The maximum absolute atomic E-state index is 13.7. The number of anilines is 2. The molecule has 2 amide bonds. The van der Waals surface area contributed by atoms with E-state index in [1.165, 1.54) is 12.0 Å². The summed E-state index contributed by atoms with van der Waals surface area (Å²) >= 11 is 0. The Balaban J connectivity index is 1.79. The van der Waals surface area contributed by atoms with Gasteiger partial charge >= 0.3 is 5.97 Å². The number of ether oxygens (including phenoxy) is 2. The number of hydrogen-bond donors (Lipinski definition) is 1. The van der Waals surface area contributed by atoms with Gasteiger partial charge in [-0.15, -0.1) is 0 Å². The molecule has 2 aromatic rings. The third kappa shape index (κ3) is 3.64. The molecule has 8 nitrogen and oxygen atoms in total. The lowest BCUT2D eigenvalue weighted by Gasteiger charge is -2.29. The predicted octanol–water partition coefficient (Wildman–Crippen LogP) is 2.53. The minimum absolute atomic E-state index is 0.178. The van der Waals surface area contributed by atoms with Crippen molar-refractivity contribution in [2.24, 2.45) is 11.8 Å². The fourth-order valence-corrected chi connectivity index (χ4v) is 4.88. The Labute approximate surface area is 193 Å². The van der Waals surface area contributed by atoms with Crippen LogP contribution in [0.5, 0.6) is 5.75 Å². The minimum atomic E-state index is -1.34. The number of imide groups is 1. The second-order valence-corrected chi connectivity index (χ2v) is 8.75. The van der Waals surface area contributed by atoms with Crippen molar-refractivity contribution >= 4 is 29.2 Å². The maximum Gasteiger partial charge on any atom is 0.326 e. The third-order valence-corrected chi connectivity index (χ3v) is 6.57. The Kier molecular flexibility index (Phi) is 5.88. The molecular weight excluding hydrogens is 422 g/mol. The number of fused-ring (bicyclic) bond motifs is 1. The molecule has 2 aromatic carbocycles. The van der Waals surface area contributed by atoms with Crippen LogP contribution in [-0.4, -0.2) is 51.1 Å². The van der Waals surface area contributed by atoms with Gasteiger partial charge in [-0.1, -0.05) is 18.2 Å². The van der Waals surface area contributed by atoms with Gasteiger partial charge in [0.25, 0.3) is 0 Å². The number of nitrogens with zero attached hydrogens (tertiary/aromatic N) is 2. The predicted molar refractivity (Wildman–Crippen MR) is 124 cm³/mol. The number of carbonyl (C=O) groups is 3. The number of benzene rings is 2. The van der Waals surface area contributed by atoms with Crippen LogP contribution in [0.25, 0.3) is 0 Å². The van der Waals surface area contributed by atoms with Crippen LogP contribution in [-0.2, 0) is 19.1 Å². The van der Waals surface area contributed by atoms with E-state index in [0.717, 1.165) is 11.3 Å². The van der Waals surface area contributed by atoms with Gasteiger partial charge in [-0.2, -0.15) is 0 Å². The zero-order valence-corrected chi connectivity index (χ0v) is 19.5. The van der Waals surface area contributed by atoms with Crippen molar-refractivity contribution in [2.75, 3.05) is 37.6 Å². The van der Waals surface area contributed by atoms with Crippen LogP contribution in [0, 0.1) is 11.8 Å². The van der Waals surface area contributed by atoms with E-state index in [9.17, 15) is 14.4 Å². The van der Waals surface area contributed by atoms with Crippen LogP contribution < -0.4 is 19.9 Å². The number of esters is 1. The van der Waals surface area contributed by atoms with E-state index in [1.807, 2.05) is 43.3 Å². The highest BCUT2D eigenvalue weighted by atomic mass is 16.5. The fourth-order valence-electron chi connectivity index (χ4n) is 4.88. The summed E-state index contributed by atoms with van der Waals surface area (Å²) in [6.07, 6.45) is 0. The summed E-state index contributed by atoms with van der Waals surface area (Å²) in [6, 6.07) is 14.0. The Bertz CT molecular complexity index is 1080. The van der Waals surface area contributed by atoms with Crippen molar-refractivity contribution in [2.45, 2.75) is 25.4 Å². The molecule has 0 aromatic heterocycles. The van der Waals surface area contributed by atoms with Gasteiger partial charge in [0.1, 0.15) is 11.3 Å². The molecule has 4 rings (SSSR count). The third-order valence-electron chi connectivity index (χ3n) is 6.57. The van der Waals surface area contributed by atoms with Crippen LogP contribution in [0.3, 0.4) is 0 Å². The molecule has 8 heteroatoms. The number of carbonyl (C=O) groups excluding carboxylic acids is 3. The highest BCUT2D eigenvalue weighted by molar-refractivity contribution is 6.24. The topological polar surface area (TPSA) is 88.2 Å². The first-order valence-electron chi connectivity index (χ1n) is 11.0. The maximum atomic E-state index is 13.7. The summed E-state index contributed by atoms with van der Waals surface area (Å²) in [5, 5.41) is 3.29. The van der Waals surface area contributed by atoms with Gasteiger partial charge in [-0.25, -0.2) is 4.90 Å². The molecule has 0 spiro atoms. The highest BCUT2D eigenvalue weighted by Gasteiger charge is 2.67. The normalized spacial score (nSPS) is 26.3. The molecule has 2 aliphatic heterocycles. The Hall–Kier alpha value is -3.39. The van der Waals surface area contributed by atoms with E-state index < -0.39 is 35.3 Å². The van der Waals surface area contributed by atoms with E-state index in [4.69, 9.17) is 9.47 Å². The first-order chi connectivity index (χ1) is 15.7. The summed E-state index contributed by atoms with van der Waals surface area (Å²) < 4.78 is 10.6. The quantitative estimate of drug-likeness (QED) is 0.533. The smallest absolute Gasteiger partial charge is 0.326 e. The fraction of sp³-hybridized carbons (Fsp3) is 0.400. The largest absolute Gasteiger partial charge is 0.497 e. The van der Waals surface area contributed by atoms with Crippen molar-refractivity contribution in [3.8, 4) is 5.75 Å². The average Bonchev–Trinajstić information content (AvgIpc) is 3.27. The molecule has 2 saturated heterocycles. The van der Waals surface area contributed by atoms with E-state index in [0.29, 0.717) is 11.4 Å². The van der Waals surface area contributed by atoms with Gasteiger partial charge < -0.3 is 14.4 Å². The molecule has 0 radical (unpaired) electrons. The number of amides is 2. The molecule has 33 heavy (non-hydrogen) atoms. The molecule has 1 N–H and O–H groups in total. The number of methoxy groups -OCH3 is 1. The van der Waals surface area contributed by atoms with Gasteiger partial charge in [-0.3, -0.25) is 19.7 Å². The molecule has 2 fully saturated rings. The van der Waals surface area contributed by atoms with Crippen molar-refractivity contribution < 1.29 is 23.9 Å². The molecular formula is C25H29N3O5. The Morgan fingerprint density at radius 3 is 2.42 bits per heavy atom. The van der Waals surface area contributed by atoms with Crippen LogP contribution in [0.1, 0.15) is 25.5 Å². The standard InChI is InChI=1S/C25H29N3O5/c1-6-33-24(31)25(2)20-19(21(26-25)15-10-12-16(13-11-15)27(3)4)22(29)28(23(20)30)17-8-7-9-18(14-17)32-5/h7-14,19-21,26H,6H2,1-5H3/t19-,20-,21-,25+/m0/s1. The van der Waals surface area contributed by atoms with E-state index in [2.05, 4.69) is 5.32 Å². The first kappa shape index (κ1) is 22.8. The molecule has 2 aliphatic rings. The monoisotopic (exact) mass is 451 g/mol. The van der Waals surface area contributed by atoms with Crippen LogP contribution in [0.4, 0.5) is 11.4 Å². The zero-order valence-electron chi connectivity index (χ0n) is 19.5. The molecule has 2 heterocycles. The Morgan fingerprint density at radius 1 is 1.12 bits per heavy atom. The van der Waals surface area contributed by atoms with Crippen molar-refractivity contribution in [3.05, 3.63) is 54.1 Å². The average molecular weight is 452 g/mol. The van der Waals surface area contributed by atoms with Crippen molar-refractivity contribution in [3.63, 3.8) is 0 Å². The SMILES string of the molecule is CCOC(=O)[C@]1(C)N[C@@H](c2ccc(N(C)C)cc2)[C@H]2C(=O)N(c3cccc(OC)c3)C(=O)[C@H]21. The molecule has 0 unspecified atom stereocenters. The van der Waals surface area contributed by atoms with E-state index in [1.54, 1.807) is 38.1 Å². The van der Waals surface area contributed by atoms with Gasteiger partial charge in [0, 0.05) is 31.9 Å². The summed E-state index contributed by atoms with van der Waals surface area (Å²) in [6.45, 7) is 3.55. The zero-order chi connectivity index (χ0) is 23.9. The lowest BCUT2D eigenvalue weighted by molar-refractivity contribution is -0.153. The number of nitrogens with one attached hydrogen (secondary N) is 1. The summed E-state index contributed by atoms with van der Waals surface area (Å²) in [4.78, 5) is 43.5. The second kappa shape index (κ2) is 8.51. The Morgan fingerprint density at radius 2 is 1.82 bits per heavy atom. The number of rotatable bonds is 6. The van der Waals surface area contributed by atoms with Crippen molar-refractivity contribution in [1.29, 1.82) is 0 Å². The highest BCUT2D eigenvalue weighted by Crippen LogP contribution is 2.50. The van der Waals surface area contributed by atoms with Crippen LogP contribution in [0.15, 0.2) is 48.5 Å². The molecule has 4 atom stereocenters.